The maximum Gasteiger partial charge on any atom is 0.393 e. The summed E-state index contributed by atoms with van der Waals surface area (Å²) in [6.07, 6.45) is 5.67. The van der Waals surface area contributed by atoms with Crippen LogP contribution in [-0.4, -0.2) is 29.1 Å². The minimum Gasteiger partial charge on any atom is -0.257 e. The van der Waals surface area contributed by atoms with Gasteiger partial charge in [0.1, 0.15) is 0 Å². The highest BCUT2D eigenvalue weighted by Crippen LogP contribution is 2.15. The topological polar surface area (TPSA) is 38.7 Å². The third kappa shape index (κ3) is 3.09. The minimum atomic E-state index is -1.95. The molecule has 0 radical (unpaired) electrons. The molecule has 0 unspecified atom stereocenters. The van der Waals surface area contributed by atoms with Crippen LogP contribution in [0, 0.1) is 0 Å². The molecule has 3 aromatic heterocycles. The summed E-state index contributed by atoms with van der Waals surface area (Å²) in [7, 11) is 0. The van der Waals surface area contributed by atoms with Gasteiger partial charge < -0.3 is 0 Å². The highest BCUT2D eigenvalue weighted by Gasteiger charge is 2.31. The average Bonchev–Trinajstić information content (AvgIpc) is 2.85. The maximum absolute atomic E-state index is 4.81. The fourth-order valence-electron chi connectivity index (χ4n) is 4.58. The summed E-state index contributed by atoms with van der Waals surface area (Å²) in [5.74, 6) is 0. The van der Waals surface area contributed by atoms with E-state index in [-0.39, 0.29) is 0 Å². The molecule has 0 atom stereocenters. The molecule has 0 amide bonds. The molecule has 6 rings (SSSR count). The van der Waals surface area contributed by atoms with E-state index >= 15 is 0 Å². The van der Waals surface area contributed by atoms with Crippen molar-refractivity contribution in [2.75, 3.05) is 0 Å². The molecule has 0 aliphatic heterocycles. The van der Waals surface area contributed by atoms with Crippen LogP contribution in [0.4, 0.5) is 0 Å². The fourth-order valence-corrected chi connectivity index (χ4v) is 8.04. The van der Waals surface area contributed by atoms with Gasteiger partial charge in [-0.1, -0.05) is 86.1 Å². The van der Waals surface area contributed by atoms with Crippen molar-refractivity contribution in [1.82, 2.24) is 15.0 Å². The van der Waals surface area contributed by atoms with Crippen molar-refractivity contribution in [3.63, 3.8) is 0 Å². The van der Waals surface area contributed by atoms with Gasteiger partial charge in [0.15, 0.2) is 0 Å². The number of fused-ring (bicyclic) bond motifs is 3. The Morgan fingerprint density at radius 2 is 0.710 bits per heavy atom. The summed E-state index contributed by atoms with van der Waals surface area (Å²) in [5, 5.41) is 3.50. The van der Waals surface area contributed by atoms with Gasteiger partial charge in [0.2, 0.25) is 0 Å². The van der Waals surface area contributed by atoms with Crippen LogP contribution < -0.4 is 13.3 Å². The standard InChI is InChI=1S/3C9H6N.Al/c3*1-2-6-9-8(4-1)5-3-7-10-9;/h3*1-5,7H;. The molecule has 0 saturated carbocycles. The van der Waals surface area contributed by atoms with E-state index in [9.17, 15) is 0 Å². The smallest absolute Gasteiger partial charge is 0.257 e. The third-order valence-electron chi connectivity index (χ3n) is 5.92. The van der Waals surface area contributed by atoms with Gasteiger partial charge in [-0.25, -0.2) is 0 Å². The predicted molar refractivity (Wildman–Crippen MR) is 130 cm³/mol. The maximum atomic E-state index is 4.81. The van der Waals surface area contributed by atoms with Gasteiger partial charge in [-0.3, -0.25) is 15.0 Å². The molecule has 4 heteroatoms. The van der Waals surface area contributed by atoms with Crippen molar-refractivity contribution in [2.24, 2.45) is 0 Å². The van der Waals surface area contributed by atoms with Gasteiger partial charge in [-0.15, -0.1) is 0 Å². The number of rotatable bonds is 3. The van der Waals surface area contributed by atoms with E-state index in [0.717, 1.165) is 16.6 Å². The zero-order valence-electron chi connectivity index (χ0n) is 16.8. The second-order valence-electron chi connectivity index (χ2n) is 7.70. The molecule has 0 bridgehead atoms. The van der Waals surface area contributed by atoms with Crippen LogP contribution >= 0.6 is 0 Å². The van der Waals surface area contributed by atoms with Gasteiger partial charge in [0.05, 0.1) is 16.6 Å². The van der Waals surface area contributed by atoms with E-state index in [1.54, 1.807) is 0 Å². The van der Waals surface area contributed by atoms with Crippen molar-refractivity contribution in [3.8, 4) is 0 Å². The molecule has 31 heavy (non-hydrogen) atoms. The molecule has 0 spiro atoms. The average molecular weight is 411 g/mol. The Labute approximate surface area is 184 Å². The molecule has 6 aromatic rings. The Morgan fingerprint density at radius 1 is 0.387 bits per heavy atom. The molecule has 0 aliphatic rings. The minimum absolute atomic E-state index is 1.07. The highest BCUT2D eigenvalue weighted by atomic mass is 27.2. The molecule has 3 nitrogen and oxygen atoms in total. The largest absolute Gasteiger partial charge is 0.393 e. The fraction of sp³-hybridized carbons (Fsp3) is 0. The van der Waals surface area contributed by atoms with E-state index in [1.165, 1.54) is 29.4 Å². The molecule has 3 heterocycles. The summed E-state index contributed by atoms with van der Waals surface area (Å²) in [4.78, 5) is 14.4. The summed E-state index contributed by atoms with van der Waals surface area (Å²) in [6, 6.07) is 32.0. The number of aromatic nitrogens is 3. The van der Waals surface area contributed by atoms with Crippen LogP contribution in [0.2, 0.25) is 0 Å². The van der Waals surface area contributed by atoms with Crippen LogP contribution in [0.5, 0.6) is 0 Å². The van der Waals surface area contributed by atoms with Crippen molar-refractivity contribution in [2.45, 2.75) is 0 Å². The van der Waals surface area contributed by atoms with Crippen LogP contribution in [0.15, 0.2) is 110 Å². The summed E-state index contributed by atoms with van der Waals surface area (Å²) < 4.78 is 3.90. The van der Waals surface area contributed by atoms with Gasteiger partial charge >= 0.3 is 14.1 Å². The Balaban J connectivity index is 1.75. The molecule has 0 fully saturated rings. The van der Waals surface area contributed by atoms with Crippen LogP contribution in [0.3, 0.4) is 0 Å². The Kier molecular flexibility index (Phi) is 4.46. The zero-order valence-corrected chi connectivity index (χ0v) is 18.0. The lowest BCUT2D eigenvalue weighted by molar-refractivity contribution is 1.41. The SMILES string of the molecule is c1cnc2[c]([Al]([c]3cccc4cccnc34)[c]3cccc4cccnc34)cccc2c1. The normalized spacial score (nSPS) is 11.2. The molecule has 0 saturated heterocycles. The van der Waals surface area contributed by atoms with E-state index < -0.39 is 14.1 Å². The molecule has 0 N–H and O–H groups in total. The predicted octanol–water partition coefficient (Wildman–Crippen LogP) is 3.85. The lowest BCUT2D eigenvalue weighted by Gasteiger charge is -2.18. The third-order valence-corrected chi connectivity index (χ3v) is 9.19. The number of hydrogen-bond acceptors (Lipinski definition) is 3. The number of benzene rings is 3. The number of nitrogens with zero attached hydrogens (tertiary/aromatic N) is 3. The monoisotopic (exact) mass is 411 g/mol. The number of pyridine rings is 3. The lowest BCUT2D eigenvalue weighted by Crippen LogP contribution is -2.53. The molecule has 3 aromatic carbocycles. The molecule has 0 aliphatic carbocycles. The van der Waals surface area contributed by atoms with Crippen molar-refractivity contribution < 1.29 is 0 Å². The van der Waals surface area contributed by atoms with Crippen LogP contribution in [-0.2, 0) is 0 Å². The van der Waals surface area contributed by atoms with E-state index in [2.05, 4.69) is 72.8 Å². The Morgan fingerprint density at radius 3 is 1.06 bits per heavy atom. The van der Waals surface area contributed by atoms with Gasteiger partial charge in [-0.2, -0.15) is 0 Å². The number of para-hydroxylation sites is 3. The first-order chi connectivity index (χ1) is 15.4. The van der Waals surface area contributed by atoms with Crippen molar-refractivity contribution in [1.29, 1.82) is 0 Å². The molecular weight excluding hydrogens is 393 g/mol. The summed E-state index contributed by atoms with van der Waals surface area (Å²) in [5.41, 5.74) is 3.22. The van der Waals surface area contributed by atoms with Gasteiger partial charge in [-0.05, 0) is 34.4 Å². The van der Waals surface area contributed by atoms with Crippen LogP contribution in [0.1, 0.15) is 0 Å². The Bertz CT molecular complexity index is 1360. The molecule has 144 valence electrons. The zero-order chi connectivity index (χ0) is 20.6. The first kappa shape index (κ1) is 18.2. The van der Waals surface area contributed by atoms with E-state index in [0.29, 0.717) is 0 Å². The van der Waals surface area contributed by atoms with Crippen molar-refractivity contribution in [3.05, 3.63) is 110 Å². The van der Waals surface area contributed by atoms with Crippen molar-refractivity contribution >= 4 is 60.1 Å². The van der Waals surface area contributed by atoms with Gasteiger partial charge in [0.25, 0.3) is 0 Å². The first-order valence-electron chi connectivity index (χ1n) is 10.4. The molecular formula is C27H18AlN3. The van der Waals surface area contributed by atoms with Gasteiger partial charge in [0, 0.05) is 18.6 Å². The lowest BCUT2D eigenvalue weighted by atomic mass is 10.2. The first-order valence-corrected chi connectivity index (χ1v) is 12.1. The second kappa shape index (κ2) is 7.59. The van der Waals surface area contributed by atoms with E-state index in [1.807, 2.05) is 36.8 Å². The quantitative estimate of drug-likeness (QED) is 0.415. The summed E-state index contributed by atoms with van der Waals surface area (Å²) in [6.45, 7) is 0. The Hall–Kier alpha value is -3.58. The highest BCUT2D eigenvalue weighted by molar-refractivity contribution is 6.99. The van der Waals surface area contributed by atoms with E-state index in [4.69, 9.17) is 15.0 Å². The van der Waals surface area contributed by atoms with Crippen LogP contribution in [0.25, 0.3) is 32.7 Å². The second-order valence-corrected chi connectivity index (χ2v) is 10.4. The summed E-state index contributed by atoms with van der Waals surface area (Å²) >= 11 is -1.95. The number of hydrogen-bond donors (Lipinski definition) is 0.